The van der Waals surface area contributed by atoms with Crippen LogP contribution in [0, 0.1) is 0 Å². The van der Waals surface area contributed by atoms with E-state index in [2.05, 4.69) is 20.7 Å². The van der Waals surface area contributed by atoms with Crippen LogP contribution in [0.2, 0.25) is 0 Å². The van der Waals surface area contributed by atoms with E-state index in [9.17, 15) is 0 Å². The second-order valence-electron chi connectivity index (χ2n) is 4.62. The summed E-state index contributed by atoms with van der Waals surface area (Å²) in [6, 6.07) is 11.7. The molecule has 0 aliphatic rings. The van der Waals surface area contributed by atoms with E-state index in [1.54, 1.807) is 6.20 Å². The Morgan fingerprint density at radius 2 is 2.04 bits per heavy atom. The van der Waals surface area contributed by atoms with E-state index in [-0.39, 0.29) is 24.0 Å². The SMILES string of the molecule is CCNC(=NCCn1cccn1)NCCOc1ccccc1.I. The summed E-state index contributed by atoms with van der Waals surface area (Å²) < 4.78 is 7.51. The van der Waals surface area contributed by atoms with Crippen molar-refractivity contribution in [2.45, 2.75) is 13.5 Å². The van der Waals surface area contributed by atoms with Crippen molar-refractivity contribution in [2.24, 2.45) is 4.99 Å². The molecule has 2 rings (SSSR count). The van der Waals surface area contributed by atoms with Crippen molar-refractivity contribution >= 4 is 29.9 Å². The maximum atomic E-state index is 5.64. The summed E-state index contributed by atoms with van der Waals surface area (Å²) in [5.41, 5.74) is 0. The number of aromatic nitrogens is 2. The Morgan fingerprint density at radius 3 is 2.74 bits per heavy atom. The average molecular weight is 429 g/mol. The number of nitrogens with zero attached hydrogens (tertiary/aromatic N) is 3. The Labute approximate surface area is 154 Å². The van der Waals surface area contributed by atoms with Crippen LogP contribution in [0.25, 0.3) is 0 Å². The van der Waals surface area contributed by atoms with Crippen molar-refractivity contribution in [2.75, 3.05) is 26.2 Å². The second kappa shape index (κ2) is 11.8. The largest absolute Gasteiger partial charge is 0.492 e. The molecule has 0 atom stereocenters. The van der Waals surface area contributed by atoms with Crippen LogP contribution in [-0.2, 0) is 6.54 Å². The predicted molar refractivity (Wildman–Crippen MR) is 104 cm³/mol. The molecule has 0 aliphatic carbocycles. The number of benzene rings is 1. The van der Waals surface area contributed by atoms with Crippen molar-refractivity contribution in [3.63, 3.8) is 0 Å². The molecular formula is C16H24IN5O. The van der Waals surface area contributed by atoms with Crippen molar-refractivity contribution < 1.29 is 4.74 Å². The quantitative estimate of drug-likeness (QED) is 0.292. The van der Waals surface area contributed by atoms with E-state index in [0.717, 1.165) is 24.8 Å². The molecule has 0 bridgehead atoms. The van der Waals surface area contributed by atoms with Crippen LogP contribution in [-0.4, -0.2) is 42.0 Å². The molecule has 2 N–H and O–H groups in total. The van der Waals surface area contributed by atoms with Gasteiger partial charge in [0.25, 0.3) is 0 Å². The standard InChI is InChI=1S/C16H23N5O.HI/c1-2-17-16(18-10-13-21-12-6-9-20-21)19-11-14-22-15-7-4-3-5-8-15;/h3-9,12H,2,10-11,13-14H2,1H3,(H2,17,18,19);1H. The Morgan fingerprint density at radius 1 is 1.22 bits per heavy atom. The molecule has 1 aromatic heterocycles. The zero-order valence-corrected chi connectivity index (χ0v) is 15.6. The third-order valence-corrected chi connectivity index (χ3v) is 2.91. The highest BCUT2D eigenvalue weighted by atomic mass is 127. The normalized spacial score (nSPS) is 10.7. The third-order valence-electron chi connectivity index (χ3n) is 2.91. The van der Waals surface area contributed by atoms with E-state index in [4.69, 9.17) is 4.74 Å². The first-order chi connectivity index (χ1) is 10.9. The fourth-order valence-corrected chi connectivity index (χ4v) is 1.89. The van der Waals surface area contributed by atoms with Gasteiger partial charge in [-0.3, -0.25) is 9.67 Å². The predicted octanol–water partition coefficient (Wildman–Crippen LogP) is 2.14. The number of guanidine groups is 1. The zero-order valence-electron chi connectivity index (χ0n) is 13.3. The van der Waals surface area contributed by atoms with Crippen LogP contribution in [0.4, 0.5) is 0 Å². The van der Waals surface area contributed by atoms with Gasteiger partial charge in [-0.15, -0.1) is 24.0 Å². The molecule has 0 saturated heterocycles. The molecule has 0 aliphatic heterocycles. The molecule has 1 heterocycles. The van der Waals surface area contributed by atoms with E-state index in [1.165, 1.54) is 0 Å². The number of rotatable bonds is 8. The number of hydrogen-bond acceptors (Lipinski definition) is 3. The van der Waals surface area contributed by atoms with E-state index in [1.807, 2.05) is 54.2 Å². The number of para-hydroxylation sites is 1. The van der Waals surface area contributed by atoms with E-state index >= 15 is 0 Å². The summed E-state index contributed by atoms with van der Waals surface area (Å²) in [6.45, 7) is 5.61. The molecule has 23 heavy (non-hydrogen) atoms. The number of aliphatic imine (C=N–C) groups is 1. The second-order valence-corrected chi connectivity index (χ2v) is 4.62. The minimum atomic E-state index is 0. The van der Waals surface area contributed by atoms with Crippen LogP contribution in [0.3, 0.4) is 0 Å². The number of halogens is 1. The lowest BCUT2D eigenvalue weighted by molar-refractivity contribution is 0.322. The lowest BCUT2D eigenvalue weighted by Gasteiger charge is -2.12. The van der Waals surface area contributed by atoms with Crippen LogP contribution in [0.1, 0.15) is 6.92 Å². The highest BCUT2D eigenvalue weighted by molar-refractivity contribution is 14.0. The Kier molecular flexibility index (Phi) is 9.85. The molecule has 2 aromatic rings. The van der Waals surface area contributed by atoms with Gasteiger partial charge in [-0.2, -0.15) is 5.10 Å². The summed E-state index contributed by atoms with van der Waals surface area (Å²) in [6.07, 6.45) is 3.71. The maximum Gasteiger partial charge on any atom is 0.191 e. The average Bonchev–Trinajstić information content (AvgIpc) is 3.06. The molecule has 126 valence electrons. The Balaban J connectivity index is 0.00000264. The number of hydrogen-bond donors (Lipinski definition) is 2. The molecule has 0 saturated carbocycles. The lowest BCUT2D eigenvalue weighted by atomic mass is 10.3. The molecule has 0 amide bonds. The molecule has 0 fully saturated rings. The third kappa shape index (κ3) is 7.87. The number of nitrogens with one attached hydrogen (secondary N) is 2. The van der Waals surface area contributed by atoms with E-state index in [0.29, 0.717) is 19.7 Å². The Hall–Kier alpha value is -1.77. The van der Waals surface area contributed by atoms with Crippen LogP contribution < -0.4 is 15.4 Å². The van der Waals surface area contributed by atoms with Gasteiger partial charge in [-0.1, -0.05) is 18.2 Å². The van der Waals surface area contributed by atoms with Crippen molar-refractivity contribution in [3.8, 4) is 5.75 Å². The fourth-order valence-electron chi connectivity index (χ4n) is 1.89. The molecular weight excluding hydrogens is 405 g/mol. The van der Waals surface area contributed by atoms with Crippen molar-refractivity contribution in [3.05, 3.63) is 48.8 Å². The summed E-state index contributed by atoms with van der Waals surface area (Å²) in [7, 11) is 0. The molecule has 7 heteroatoms. The molecule has 0 unspecified atom stereocenters. The zero-order chi connectivity index (χ0) is 15.5. The minimum absolute atomic E-state index is 0. The van der Waals surface area contributed by atoms with Gasteiger partial charge in [0.05, 0.1) is 19.6 Å². The first-order valence-corrected chi connectivity index (χ1v) is 7.56. The monoisotopic (exact) mass is 429 g/mol. The van der Waals surface area contributed by atoms with Crippen LogP contribution >= 0.6 is 24.0 Å². The highest BCUT2D eigenvalue weighted by Crippen LogP contribution is 2.07. The van der Waals surface area contributed by atoms with Crippen LogP contribution in [0.15, 0.2) is 53.8 Å². The molecule has 0 spiro atoms. The number of ether oxygens (including phenoxy) is 1. The molecule has 0 radical (unpaired) electrons. The maximum absolute atomic E-state index is 5.64. The summed E-state index contributed by atoms with van der Waals surface area (Å²) >= 11 is 0. The van der Waals surface area contributed by atoms with Crippen molar-refractivity contribution in [1.29, 1.82) is 0 Å². The van der Waals surface area contributed by atoms with Crippen molar-refractivity contribution in [1.82, 2.24) is 20.4 Å². The van der Waals surface area contributed by atoms with Gasteiger partial charge in [0.2, 0.25) is 0 Å². The summed E-state index contributed by atoms with van der Waals surface area (Å²) in [5, 5.41) is 10.6. The van der Waals surface area contributed by atoms with Crippen LogP contribution in [0.5, 0.6) is 5.75 Å². The highest BCUT2D eigenvalue weighted by Gasteiger charge is 1.97. The minimum Gasteiger partial charge on any atom is -0.492 e. The lowest BCUT2D eigenvalue weighted by Crippen LogP contribution is -2.39. The van der Waals surface area contributed by atoms with Gasteiger partial charge in [0.15, 0.2) is 5.96 Å². The van der Waals surface area contributed by atoms with E-state index < -0.39 is 0 Å². The smallest absolute Gasteiger partial charge is 0.191 e. The van der Waals surface area contributed by atoms with Gasteiger partial charge in [-0.25, -0.2) is 0 Å². The molecule has 6 nitrogen and oxygen atoms in total. The van der Waals surface area contributed by atoms with Gasteiger partial charge >= 0.3 is 0 Å². The Bertz CT molecular complexity index is 545. The molecule has 1 aromatic carbocycles. The fraction of sp³-hybridized carbons (Fsp3) is 0.375. The summed E-state index contributed by atoms with van der Waals surface area (Å²) in [5.74, 6) is 1.68. The van der Waals surface area contributed by atoms with Gasteiger partial charge in [-0.05, 0) is 25.1 Å². The van der Waals surface area contributed by atoms with Gasteiger partial charge in [0, 0.05) is 18.9 Å². The van der Waals surface area contributed by atoms with Gasteiger partial charge < -0.3 is 15.4 Å². The first-order valence-electron chi connectivity index (χ1n) is 7.56. The topological polar surface area (TPSA) is 63.5 Å². The summed E-state index contributed by atoms with van der Waals surface area (Å²) in [4.78, 5) is 4.51. The first kappa shape index (κ1) is 19.3. The van der Waals surface area contributed by atoms with Gasteiger partial charge in [0.1, 0.15) is 12.4 Å².